The molecule has 0 radical (unpaired) electrons. The van der Waals surface area contributed by atoms with Crippen molar-refractivity contribution >= 4 is 27.5 Å². The molecule has 0 saturated carbocycles. The minimum Gasteiger partial charge on any atom is -0.494 e. The van der Waals surface area contributed by atoms with Gasteiger partial charge in [-0.15, -0.1) is 0 Å². The van der Waals surface area contributed by atoms with Crippen molar-refractivity contribution in [1.29, 1.82) is 0 Å². The summed E-state index contributed by atoms with van der Waals surface area (Å²) in [6.07, 6.45) is 1.94. The number of hydrogen-bond donors (Lipinski definition) is 3. The Morgan fingerprint density at radius 2 is 1.93 bits per heavy atom. The van der Waals surface area contributed by atoms with Gasteiger partial charge in [0.1, 0.15) is 11.5 Å². The van der Waals surface area contributed by atoms with Gasteiger partial charge in [-0.3, -0.25) is 4.55 Å². The zero-order valence-electron chi connectivity index (χ0n) is 16.3. The molecule has 0 atom stereocenters. The summed E-state index contributed by atoms with van der Waals surface area (Å²) >= 11 is 0. The zero-order valence-corrected chi connectivity index (χ0v) is 17.1. The molecule has 29 heavy (non-hydrogen) atoms. The van der Waals surface area contributed by atoms with Crippen molar-refractivity contribution in [3.63, 3.8) is 0 Å². The summed E-state index contributed by atoms with van der Waals surface area (Å²) in [7, 11) is -2.65. The van der Waals surface area contributed by atoms with Crippen LogP contribution in [0.2, 0.25) is 0 Å². The molecule has 1 aliphatic rings. The number of nitrogens with zero attached hydrogens (tertiary/aromatic N) is 1. The van der Waals surface area contributed by atoms with Crippen molar-refractivity contribution in [3.8, 4) is 5.75 Å². The maximum Gasteiger partial charge on any atom is 0.269 e. The van der Waals surface area contributed by atoms with E-state index in [1.165, 1.54) is 0 Å². The number of aromatic nitrogens is 2. The Labute approximate surface area is 167 Å². The van der Waals surface area contributed by atoms with Crippen LogP contribution in [0.4, 0.5) is 0 Å². The van der Waals surface area contributed by atoms with E-state index in [2.05, 4.69) is 21.0 Å². The van der Waals surface area contributed by atoms with Gasteiger partial charge in [-0.05, 0) is 37.6 Å². The van der Waals surface area contributed by atoms with Crippen molar-refractivity contribution in [2.45, 2.75) is 13.8 Å². The van der Waals surface area contributed by atoms with E-state index in [1.807, 2.05) is 38.1 Å². The molecule has 3 N–H and O–H groups in total. The van der Waals surface area contributed by atoms with Crippen LogP contribution in [0.5, 0.6) is 5.75 Å². The van der Waals surface area contributed by atoms with E-state index < -0.39 is 15.9 Å². The quantitative estimate of drug-likeness (QED) is 0.536. The first-order valence-electron chi connectivity index (χ1n) is 9.03. The van der Waals surface area contributed by atoms with Gasteiger partial charge in [0.15, 0.2) is 0 Å². The number of methoxy groups -OCH3 is 1. The van der Waals surface area contributed by atoms with Crippen LogP contribution in [0.25, 0.3) is 17.3 Å². The molecule has 0 spiro atoms. The van der Waals surface area contributed by atoms with Gasteiger partial charge in [0.05, 0.1) is 28.9 Å². The van der Waals surface area contributed by atoms with Crippen LogP contribution < -0.4 is 26.0 Å². The molecular weight excluding hydrogens is 390 g/mol. The average molecular weight is 411 g/mol. The van der Waals surface area contributed by atoms with Crippen LogP contribution in [0.1, 0.15) is 17.0 Å². The van der Waals surface area contributed by atoms with Crippen molar-refractivity contribution < 1.29 is 17.7 Å². The molecule has 4 rings (SSSR count). The molecule has 0 aliphatic carbocycles. The highest BCUT2D eigenvalue weighted by Crippen LogP contribution is 2.16. The molecule has 0 bridgehead atoms. The Balaban J connectivity index is 2.00. The molecule has 7 nitrogen and oxygen atoms in total. The highest BCUT2D eigenvalue weighted by molar-refractivity contribution is 7.86. The van der Waals surface area contributed by atoms with E-state index in [-0.39, 0.29) is 0 Å². The second-order valence-corrected chi connectivity index (χ2v) is 8.49. The smallest absolute Gasteiger partial charge is 0.269 e. The molecule has 2 aromatic heterocycles. The van der Waals surface area contributed by atoms with Gasteiger partial charge in [0, 0.05) is 28.2 Å². The number of rotatable bonds is 4. The predicted octanol–water partition coefficient (Wildman–Crippen LogP) is 0.277. The fourth-order valence-corrected chi connectivity index (χ4v) is 4.25. The Morgan fingerprint density at radius 1 is 1.17 bits per heavy atom. The molecular formula is C21H21N3O4S. The van der Waals surface area contributed by atoms with Crippen molar-refractivity contribution in [1.82, 2.24) is 9.97 Å². The lowest BCUT2D eigenvalue weighted by Crippen LogP contribution is -2.24. The lowest BCUT2D eigenvalue weighted by Gasteiger charge is -2.01. The number of ether oxygens (including phenoxy) is 1. The molecule has 3 heterocycles. The molecule has 3 aromatic rings. The van der Waals surface area contributed by atoms with Gasteiger partial charge in [-0.2, -0.15) is 8.42 Å². The largest absolute Gasteiger partial charge is 0.494 e. The lowest BCUT2D eigenvalue weighted by atomic mass is 10.1. The fourth-order valence-electron chi connectivity index (χ4n) is 3.59. The number of H-pyrrole nitrogens is 2. The third-order valence-electron chi connectivity index (χ3n) is 4.84. The standard InChI is InChI=1S/C21H21N3O4S/c1-12-8-13(2)22-17(12)9-18-20(28-3)10-19(23-18)21-15(11-29(25,26)27)14-6-4-5-7-16(14)24-21/h4-10,22-23H,11H2,1-3H3,(H,25,26,27)/b18-9-,21-19-. The van der Waals surface area contributed by atoms with Gasteiger partial charge in [0.2, 0.25) is 0 Å². The highest BCUT2D eigenvalue weighted by atomic mass is 32.2. The summed E-state index contributed by atoms with van der Waals surface area (Å²) in [6.45, 7) is 4.00. The number of fused-ring (bicyclic) bond motifs is 1. The molecule has 0 saturated heterocycles. The maximum absolute atomic E-state index is 11.6. The molecule has 0 unspecified atom stereocenters. The average Bonchev–Trinajstić information content (AvgIpc) is 3.30. The van der Waals surface area contributed by atoms with Crippen LogP contribution >= 0.6 is 0 Å². The van der Waals surface area contributed by atoms with Gasteiger partial charge < -0.3 is 14.7 Å². The fraction of sp³-hybridized carbons (Fsp3) is 0.190. The summed E-state index contributed by atoms with van der Waals surface area (Å²) in [5.41, 5.74) is 4.03. The Morgan fingerprint density at radius 3 is 2.59 bits per heavy atom. The summed E-state index contributed by atoms with van der Waals surface area (Å²) in [5.74, 6) is 0.0922. The minimum atomic E-state index is -4.23. The van der Waals surface area contributed by atoms with Crippen LogP contribution in [0.3, 0.4) is 0 Å². The Hall–Kier alpha value is -3.10. The summed E-state index contributed by atoms with van der Waals surface area (Å²) in [6, 6.07) is 11.1. The third kappa shape index (κ3) is 3.76. The minimum absolute atomic E-state index is 0.449. The monoisotopic (exact) mass is 411 g/mol. The van der Waals surface area contributed by atoms with Crippen LogP contribution in [-0.2, 0) is 10.1 Å². The molecule has 0 amide bonds. The normalized spacial score (nSPS) is 16.1. The molecule has 1 aromatic carbocycles. The predicted molar refractivity (Wildman–Crippen MR) is 111 cm³/mol. The van der Waals surface area contributed by atoms with Crippen LogP contribution in [-0.4, -0.2) is 35.8 Å². The molecule has 1 aliphatic heterocycles. The summed E-state index contributed by atoms with van der Waals surface area (Å²) < 4.78 is 38.2. The van der Waals surface area contributed by atoms with Crippen LogP contribution in [0.15, 0.2) is 41.4 Å². The second kappa shape index (κ2) is 7.06. The number of benzene rings is 1. The summed E-state index contributed by atoms with van der Waals surface area (Å²) in [5, 5.41) is 2.70. The molecule has 150 valence electrons. The second-order valence-electron chi connectivity index (χ2n) is 7.04. The first-order chi connectivity index (χ1) is 13.7. The van der Waals surface area contributed by atoms with E-state index in [0.717, 1.165) is 22.3 Å². The Kier molecular flexibility index (Phi) is 4.68. The third-order valence-corrected chi connectivity index (χ3v) is 5.49. The van der Waals surface area contributed by atoms with Crippen LogP contribution in [0, 0.1) is 13.8 Å². The van der Waals surface area contributed by atoms with E-state index >= 15 is 0 Å². The lowest BCUT2D eigenvalue weighted by molar-refractivity contribution is 0.412. The van der Waals surface area contributed by atoms with E-state index in [4.69, 9.17) is 4.74 Å². The van der Waals surface area contributed by atoms with E-state index in [1.54, 1.807) is 19.2 Å². The topological polar surface area (TPSA) is 108 Å². The van der Waals surface area contributed by atoms with Gasteiger partial charge in [-0.1, -0.05) is 18.2 Å². The van der Waals surface area contributed by atoms with Gasteiger partial charge >= 0.3 is 0 Å². The van der Waals surface area contributed by atoms with Crippen molar-refractivity contribution in [2.24, 2.45) is 4.99 Å². The SMILES string of the molecule is COc1c/c(=C2/N=c3ccccc3=C2CS(=O)(=O)O)[nH]/c1=C\c1[nH]c(C)cc1C. The first kappa shape index (κ1) is 19.2. The van der Waals surface area contributed by atoms with Crippen molar-refractivity contribution in [2.75, 3.05) is 12.9 Å². The van der Waals surface area contributed by atoms with Gasteiger partial charge in [0.25, 0.3) is 10.1 Å². The molecule has 0 fully saturated rings. The van der Waals surface area contributed by atoms with Gasteiger partial charge in [-0.25, -0.2) is 4.99 Å². The zero-order chi connectivity index (χ0) is 20.8. The Bertz CT molecular complexity index is 1460. The number of aryl methyl sites for hydroxylation is 2. The number of nitrogens with one attached hydrogen (secondary N) is 2. The number of hydrogen-bond acceptors (Lipinski definition) is 4. The summed E-state index contributed by atoms with van der Waals surface area (Å²) in [4.78, 5) is 11.2. The maximum atomic E-state index is 11.6. The first-order valence-corrected chi connectivity index (χ1v) is 10.6. The highest BCUT2D eigenvalue weighted by Gasteiger charge is 2.20. The van der Waals surface area contributed by atoms with E-state index in [0.29, 0.717) is 32.9 Å². The number of para-hydroxylation sites is 1. The van der Waals surface area contributed by atoms with Crippen molar-refractivity contribution in [3.05, 3.63) is 74.6 Å². The molecule has 8 heteroatoms. The number of aromatic amines is 2. The van der Waals surface area contributed by atoms with E-state index in [9.17, 15) is 13.0 Å².